The van der Waals surface area contributed by atoms with Gasteiger partial charge in [0.25, 0.3) is 5.91 Å². The molecule has 0 aliphatic heterocycles. The Hall–Kier alpha value is -2.21. The van der Waals surface area contributed by atoms with Gasteiger partial charge in [-0.2, -0.15) is 0 Å². The van der Waals surface area contributed by atoms with Gasteiger partial charge < -0.3 is 10.6 Å². The summed E-state index contributed by atoms with van der Waals surface area (Å²) in [4.78, 5) is 16.0. The van der Waals surface area contributed by atoms with Crippen molar-refractivity contribution in [2.45, 2.75) is 0 Å². The van der Waals surface area contributed by atoms with Crippen molar-refractivity contribution in [3.63, 3.8) is 0 Å². The molecule has 0 radical (unpaired) electrons. The minimum absolute atomic E-state index is 0.0813. The Bertz CT molecular complexity index is 664. The van der Waals surface area contributed by atoms with Crippen molar-refractivity contribution in [2.24, 2.45) is 0 Å². The largest absolute Gasteiger partial charge is 0.373 e. The molecule has 104 valence electrons. The fourth-order valence-corrected chi connectivity index (χ4v) is 1.71. The normalized spacial score (nSPS) is 10.2. The fraction of sp³-hybridized carbons (Fsp3) is 0.0769. The first-order chi connectivity index (χ1) is 9.51. The highest BCUT2D eigenvalue weighted by Gasteiger charge is 2.15. The number of anilines is 2. The Morgan fingerprint density at radius 1 is 1.25 bits per heavy atom. The van der Waals surface area contributed by atoms with Gasteiger partial charge in [-0.25, -0.2) is 13.8 Å². The molecule has 2 rings (SSSR count). The third-order valence-corrected chi connectivity index (χ3v) is 2.80. The number of benzene rings is 1. The van der Waals surface area contributed by atoms with Crippen LogP contribution in [0.25, 0.3) is 0 Å². The van der Waals surface area contributed by atoms with Crippen LogP contribution in [-0.4, -0.2) is 17.9 Å². The molecule has 0 bridgehead atoms. The number of carbonyl (C=O) groups is 1. The summed E-state index contributed by atoms with van der Waals surface area (Å²) < 4.78 is 26.5. The molecule has 0 fully saturated rings. The summed E-state index contributed by atoms with van der Waals surface area (Å²) in [5.74, 6) is -1.71. The van der Waals surface area contributed by atoms with Crippen molar-refractivity contribution in [1.82, 2.24) is 4.98 Å². The molecule has 2 N–H and O–H groups in total. The molecule has 0 unspecified atom stereocenters. The molecular formula is C13H10ClF2N3O. The molecular weight excluding hydrogens is 288 g/mol. The predicted molar refractivity (Wildman–Crippen MR) is 73.1 cm³/mol. The topological polar surface area (TPSA) is 54.0 Å². The van der Waals surface area contributed by atoms with Crippen LogP contribution in [0.4, 0.5) is 20.3 Å². The Kier molecular flexibility index (Phi) is 4.14. The van der Waals surface area contributed by atoms with E-state index in [0.29, 0.717) is 5.82 Å². The molecule has 1 amide bonds. The average molecular weight is 298 g/mol. The molecule has 0 spiro atoms. The minimum atomic E-state index is -0.749. The number of pyridine rings is 1. The second-order valence-corrected chi connectivity index (χ2v) is 4.26. The maximum Gasteiger partial charge on any atom is 0.275 e. The van der Waals surface area contributed by atoms with Gasteiger partial charge in [0.15, 0.2) is 0 Å². The first-order valence-corrected chi connectivity index (χ1v) is 5.99. The number of halogens is 3. The minimum Gasteiger partial charge on any atom is -0.373 e. The summed E-state index contributed by atoms with van der Waals surface area (Å²) in [5.41, 5.74) is -0.357. The van der Waals surface area contributed by atoms with E-state index in [1.165, 1.54) is 6.07 Å². The van der Waals surface area contributed by atoms with Crippen LogP contribution in [0.5, 0.6) is 0 Å². The molecule has 0 atom stereocenters. The fourth-order valence-electron chi connectivity index (χ4n) is 1.52. The van der Waals surface area contributed by atoms with Crippen molar-refractivity contribution < 1.29 is 13.6 Å². The first-order valence-electron chi connectivity index (χ1n) is 5.62. The zero-order valence-electron chi connectivity index (χ0n) is 10.4. The van der Waals surface area contributed by atoms with Crippen LogP contribution in [0.2, 0.25) is 5.02 Å². The predicted octanol–water partition coefficient (Wildman–Crippen LogP) is 3.31. The number of carbonyl (C=O) groups excluding carboxylic acids is 1. The van der Waals surface area contributed by atoms with Gasteiger partial charge >= 0.3 is 0 Å². The van der Waals surface area contributed by atoms with Crippen LogP contribution in [0.3, 0.4) is 0 Å². The highest BCUT2D eigenvalue weighted by atomic mass is 35.5. The van der Waals surface area contributed by atoms with E-state index >= 15 is 0 Å². The summed E-state index contributed by atoms with van der Waals surface area (Å²) in [5, 5.41) is 5.09. The lowest BCUT2D eigenvalue weighted by molar-refractivity contribution is 0.102. The Morgan fingerprint density at radius 2 is 2.00 bits per heavy atom. The Balaban J connectivity index is 2.30. The van der Waals surface area contributed by atoms with Gasteiger partial charge in [-0.05, 0) is 24.3 Å². The van der Waals surface area contributed by atoms with E-state index in [4.69, 9.17) is 11.6 Å². The molecule has 2 aromatic rings. The number of aromatic nitrogens is 1. The van der Waals surface area contributed by atoms with Crippen molar-refractivity contribution in [2.75, 3.05) is 17.7 Å². The third-order valence-electron chi connectivity index (χ3n) is 2.49. The van der Waals surface area contributed by atoms with Gasteiger partial charge in [0.2, 0.25) is 0 Å². The molecule has 0 aliphatic rings. The van der Waals surface area contributed by atoms with Gasteiger partial charge in [0.05, 0.1) is 10.7 Å². The van der Waals surface area contributed by atoms with Gasteiger partial charge in [-0.1, -0.05) is 11.6 Å². The quantitative estimate of drug-likeness (QED) is 0.914. The molecule has 0 aliphatic carbocycles. The van der Waals surface area contributed by atoms with Gasteiger partial charge in [0.1, 0.15) is 23.1 Å². The summed E-state index contributed by atoms with van der Waals surface area (Å²) in [7, 11) is 1.63. The molecule has 1 heterocycles. The number of amides is 1. The number of nitrogens with zero attached hydrogens (tertiary/aromatic N) is 1. The first kappa shape index (κ1) is 14.2. The number of hydrogen-bond acceptors (Lipinski definition) is 3. The summed E-state index contributed by atoms with van der Waals surface area (Å²) in [6.45, 7) is 0. The van der Waals surface area contributed by atoms with Crippen LogP contribution in [0.15, 0.2) is 30.3 Å². The van der Waals surface area contributed by atoms with Crippen molar-refractivity contribution >= 4 is 29.0 Å². The number of nitrogens with one attached hydrogen (secondary N) is 2. The molecule has 4 nitrogen and oxygen atoms in total. The van der Waals surface area contributed by atoms with E-state index in [0.717, 1.165) is 18.2 Å². The van der Waals surface area contributed by atoms with E-state index in [-0.39, 0.29) is 16.4 Å². The van der Waals surface area contributed by atoms with E-state index in [2.05, 4.69) is 15.6 Å². The Morgan fingerprint density at radius 3 is 2.70 bits per heavy atom. The van der Waals surface area contributed by atoms with E-state index in [1.54, 1.807) is 13.1 Å². The molecule has 0 saturated carbocycles. The standard InChI is InChI=1S/C13H10ClF2N3O/c1-17-11-5-3-8(14)12(19-11)13(20)18-10-6-7(15)2-4-9(10)16/h2-6H,1H3,(H,17,19)(H,18,20). The maximum atomic E-state index is 13.4. The summed E-state index contributed by atoms with van der Waals surface area (Å²) in [6, 6.07) is 5.82. The van der Waals surface area contributed by atoms with E-state index in [9.17, 15) is 13.6 Å². The smallest absolute Gasteiger partial charge is 0.275 e. The molecule has 20 heavy (non-hydrogen) atoms. The monoisotopic (exact) mass is 297 g/mol. The van der Waals surface area contributed by atoms with E-state index < -0.39 is 17.5 Å². The van der Waals surface area contributed by atoms with Crippen LogP contribution in [-0.2, 0) is 0 Å². The van der Waals surface area contributed by atoms with E-state index in [1.807, 2.05) is 0 Å². The molecule has 7 heteroatoms. The highest BCUT2D eigenvalue weighted by Crippen LogP contribution is 2.20. The zero-order chi connectivity index (χ0) is 14.7. The number of hydrogen-bond donors (Lipinski definition) is 2. The lowest BCUT2D eigenvalue weighted by atomic mass is 10.2. The number of rotatable bonds is 3. The zero-order valence-corrected chi connectivity index (χ0v) is 11.1. The van der Waals surface area contributed by atoms with Gasteiger partial charge in [-0.3, -0.25) is 4.79 Å². The van der Waals surface area contributed by atoms with Crippen LogP contribution in [0.1, 0.15) is 10.5 Å². The summed E-state index contributed by atoms with van der Waals surface area (Å²) >= 11 is 5.87. The lowest BCUT2D eigenvalue weighted by Gasteiger charge is -2.08. The van der Waals surface area contributed by atoms with Gasteiger partial charge in [-0.15, -0.1) is 0 Å². The van der Waals surface area contributed by atoms with Gasteiger partial charge in [0, 0.05) is 13.1 Å². The lowest BCUT2D eigenvalue weighted by Crippen LogP contribution is -2.16. The van der Waals surface area contributed by atoms with Crippen molar-refractivity contribution in [3.05, 3.63) is 52.7 Å². The SMILES string of the molecule is CNc1ccc(Cl)c(C(=O)Nc2cc(F)ccc2F)n1. The molecule has 1 aromatic heterocycles. The third kappa shape index (κ3) is 3.03. The van der Waals surface area contributed by atoms with Crippen LogP contribution >= 0.6 is 11.6 Å². The Labute approximate surface area is 118 Å². The molecule has 1 aromatic carbocycles. The highest BCUT2D eigenvalue weighted by molar-refractivity contribution is 6.34. The van der Waals surface area contributed by atoms with Crippen molar-refractivity contribution in [1.29, 1.82) is 0 Å². The average Bonchev–Trinajstić information content (AvgIpc) is 2.43. The second-order valence-electron chi connectivity index (χ2n) is 3.86. The van der Waals surface area contributed by atoms with Crippen LogP contribution in [0, 0.1) is 11.6 Å². The maximum absolute atomic E-state index is 13.4. The molecule has 0 saturated heterocycles. The van der Waals surface area contributed by atoms with Crippen LogP contribution < -0.4 is 10.6 Å². The second kappa shape index (κ2) is 5.83. The summed E-state index contributed by atoms with van der Waals surface area (Å²) in [6.07, 6.45) is 0. The van der Waals surface area contributed by atoms with Crippen molar-refractivity contribution in [3.8, 4) is 0 Å².